The molecule has 1 aliphatic rings. The number of aliphatic hydroxyl groups is 2. The van der Waals surface area contributed by atoms with Gasteiger partial charge in [0.25, 0.3) is 0 Å². The van der Waals surface area contributed by atoms with Gasteiger partial charge in [0.2, 0.25) is 0 Å². The predicted octanol–water partition coefficient (Wildman–Crippen LogP) is 1.12. The van der Waals surface area contributed by atoms with Gasteiger partial charge in [-0.3, -0.25) is 4.90 Å². The summed E-state index contributed by atoms with van der Waals surface area (Å²) in [5, 5.41) is 19.4. The van der Waals surface area contributed by atoms with E-state index in [1.165, 1.54) is 5.54 Å². The van der Waals surface area contributed by atoms with Gasteiger partial charge in [-0.15, -0.1) is 0 Å². The molecule has 82 valence electrons. The minimum absolute atomic E-state index is 0.203. The fourth-order valence-corrected chi connectivity index (χ4v) is 1.96. The van der Waals surface area contributed by atoms with Gasteiger partial charge in [0.05, 0.1) is 6.61 Å². The van der Waals surface area contributed by atoms with Crippen LogP contribution >= 0.6 is 23.2 Å². The lowest BCUT2D eigenvalue weighted by molar-refractivity contribution is -0.0645. The van der Waals surface area contributed by atoms with Crippen molar-refractivity contribution in [3.63, 3.8) is 0 Å². The third kappa shape index (κ3) is 3.41. The fourth-order valence-electron chi connectivity index (χ4n) is 1.72. The average Bonchev–Trinajstić information content (AvgIpc) is 2.18. The number of aliphatic hydroxyl groups excluding tert-OH is 1. The lowest BCUT2D eigenvalue weighted by Crippen LogP contribution is -2.50. The first kappa shape index (κ1) is 12.3. The number of piperidine rings is 1. The highest BCUT2D eigenvalue weighted by atomic mass is 35.5. The van der Waals surface area contributed by atoms with Crippen LogP contribution in [0.25, 0.3) is 0 Å². The monoisotopic (exact) mass is 239 g/mol. The van der Waals surface area contributed by atoms with Gasteiger partial charge in [0, 0.05) is 23.7 Å². The van der Waals surface area contributed by atoms with Crippen LogP contribution in [0, 0.1) is 0 Å². The maximum absolute atomic E-state index is 9.85. The van der Waals surface area contributed by atoms with Gasteiger partial charge >= 0.3 is 0 Å². The Morgan fingerprint density at radius 1 is 1.57 bits per heavy atom. The number of β-amino-alcohol motifs (C(OH)–C–C–N with tert-alkyl or cyclic N) is 1. The normalized spacial score (nSPS) is 30.7. The molecule has 1 fully saturated rings. The molecule has 1 rings (SSSR count). The Bertz CT molecular complexity index is 223. The highest BCUT2D eigenvalue weighted by Crippen LogP contribution is 2.21. The van der Waals surface area contributed by atoms with Crippen molar-refractivity contribution in [1.82, 2.24) is 4.90 Å². The Labute approximate surface area is 93.9 Å². The second-order valence-electron chi connectivity index (χ2n) is 3.75. The molecule has 2 N–H and O–H groups in total. The van der Waals surface area contributed by atoms with Gasteiger partial charge in [-0.25, -0.2) is 0 Å². The minimum Gasteiger partial charge on any atom is -0.393 e. The summed E-state index contributed by atoms with van der Waals surface area (Å²) in [4.78, 5) is 1.99. The molecule has 0 aromatic rings. The lowest BCUT2D eigenvalue weighted by atomic mass is 9.94. The summed E-state index contributed by atoms with van der Waals surface area (Å²) in [6, 6.07) is 0. The molecule has 0 spiro atoms. The van der Waals surface area contributed by atoms with E-state index in [2.05, 4.69) is 0 Å². The summed E-state index contributed by atoms with van der Waals surface area (Å²) in [6.07, 6.45) is 1.51. The van der Waals surface area contributed by atoms with Crippen molar-refractivity contribution in [2.75, 3.05) is 26.2 Å². The van der Waals surface area contributed by atoms with Crippen molar-refractivity contribution >= 4 is 23.2 Å². The van der Waals surface area contributed by atoms with E-state index in [9.17, 15) is 5.11 Å². The molecule has 5 heteroatoms. The zero-order chi connectivity index (χ0) is 10.6. The van der Waals surface area contributed by atoms with E-state index in [4.69, 9.17) is 28.3 Å². The van der Waals surface area contributed by atoms with Crippen LogP contribution in [0.3, 0.4) is 0 Å². The maximum atomic E-state index is 9.85. The Morgan fingerprint density at radius 2 is 2.29 bits per heavy atom. The van der Waals surface area contributed by atoms with Crippen molar-refractivity contribution in [2.24, 2.45) is 0 Å². The van der Waals surface area contributed by atoms with Gasteiger partial charge in [-0.05, 0) is 19.4 Å². The smallest absolute Gasteiger partial charge is 0.100 e. The van der Waals surface area contributed by atoms with Crippen LogP contribution in [0.1, 0.15) is 12.8 Å². The zero-order valence-corrected chi connectivity index (χ0v) is 9.43. The van der Waals surface area contributed by atoms with E-state index >= 15 is 0 Å². The molecule has 3 nitrogen and oxygen atoms in total. The molecular weight excluding hydrogens is 225 g/mol. The van der Waals surface area contributed by atoms with E-state index in [0.717, 1.165) is 13.0 Å². The predicted molar refractivity (Wildman–Crippen MR) is 57.5 cm³/mol. The van der Waals surface area contributed by atoms with Gasteiger partial charge < -0.3 is 10.2 Å². The molecular formula is C9H15Cl2NO2. The van der Waals surface area contributed by atoms with Crippen LogP contribution in [-0.2, 0) is 0 Å². The average molecular weight is 240 g/mol. The molecule has 0 aromatic carbocycles. The first-order chi connectivity index (χ1) is 6.59. The molecule has 0 radical (unpaired) electrons. The van der Waals surface area contributed by atoms with Crippen LogP contribution in [0.2, 0.25) is 0 Å². The van der Waals surface area contributed by atoms with Crippen LogP contribution in [-0.4, -0.2) is 47.0 Å². The molecule has 0 aromatic heterocycles. The molecule has 0 amide bonds. The summed E-state index contributed by atoms with van der Waals surface area (Å²) >= 11 is 11.2. The van der Waals surface area contributed by atoms with Crippen LogP contribution < -0.4 is 0 Å². The van der Waals surface area contributed by atoms with E-state index in [1.807, 2.05) is 4.90 Å². The first-order valence-electron chi connectivity index (χ1n) is 4.60. The van der Waals surface area contributed by atoms with Crippen LogP contribution in [0.5, 0.6) is 0 Å². The standard InChI is InChI=1S/C9H15Cl2NO2/c10-4-8(11)5-12-3-1-2-9(14,6-12)7-13/h4,13-14H,1-3,5-7H2/b8-4-. The van der Waals surface area contributed by atoms with Crippen molar-refractivity contribution in [1.29, 1.82) is 0 Å². The molecule has 0 aliphatic carbocycles. The van der Waals surface area contributed by atoms with Gasteiger partial charge in [0.15, 0.2) is 0 Å². The Morgan fingerprint density at radius 3 is 2.86 bits per heavy atom. The van der Waals surface area contributed by atoms with Gasteiger partial charge in [-0.2, -0.15) is 0 Å². The van der Waals surface area contributed by atoms with Crippen molar-refractivity contribution < 1.29 is 10.2 Å². The SMILES string of the molecule is OCC1(O)CCCN(C/C(Cl)=C/Cl)C1. The summed E-state index contributed by atoms with van der Waals surface area (Å²) in [5.41, 5.74) is 0.357. The number of rotatable bonds is 3. The summed E-state index contributed by atoms with van der Waals surface area (Å²) in [7, 11) is 0. The molecule has 1 atom stereocenters. The molecule has 1 heterocycles. The Hall–Kier alpha value is 0.200. The molecule has 0 saturated carbocycles. The highest BCUT2D eigenvalue weighted by Gasteiger charge is 2.32. The van der Waals surface area contributed by atoms with Crippen molar-refractivity contribution in [3.8, 4) is 0 Å². The highest BCUT2D eigenvalue weighted by molar-refractivity contribution is 6.36. The Balaban J connectivity index is 2.48. The number of hydrogen-bond donors (Lipinski definition) is 2. The van der Waals surface area contributed by atoms with Crippen LogP contribution in [0.4, 0.5) is 0 Å². The van der Waals surface area contributed by atoms with E-state index in [0.29, 0.717) is 24.5 Å². The third-order valence-corrected chi connectivity index (χ3v) is 3.03. The third-order valence-electron chi connectivity index (χ3n) is 2.42. The molecule has 0 bridgehead atoms. The quantitative estimate of drug-likeness (QED) is 0.777. The largest absolute Gasteiger partial charge is 0.393 e. The van der Waals surface area contributed by atoms with Crippen LogP contribution in [0.15, 0.2) is 10.6 Å². The van der Waals surface area contributed by atoms with Crippen molar-refractivity contribution in [2.45, 2.75) is 18.4 Å². The van der Waals surface area contributed by atoms with Gasteiger partial charge in [-0.1, -0.05) is 23.2 Å². The van der Waals surface area contributed by atoms with Gasteiger partial charge in [0.1, 0.15) is 5.60 Å². The molecule has 14 heavy (non-hydrogen) atoms. The minimum atomic E-state index is -0.971. The lowest BCUT2D eigenvalue weighted by Gasteiger charge is -2.37. The fraction of sp³-hybridized carbons (Fsp3) is 0.778. The molecule has 1 aliphatic heterocycles. The molecule has 1 unspecified atom stereocenters. The second kappa shape index (κ2) is 5.33. The molecule has 1 saturated heterocycles. The van der Waals surface area contributed by atoms with E-state index in [1.54, 1.807) is 0 Å². The zero-order valence-electron chi connectivity index (χ0n) is 7.92. The number of halogens is 2. The van der Waals surface area contributed by atoms with E-state index < -0.39 is 5.60 Å². The second-order valence-corrected chi connectivity index (χ2v) is 4.46. The first-order valence-corrected chi connectivity index (χ1v) is 5.41. The maximum Gasteiger partial charge on any atom is 0.100 e. The topological polar surface area (TPSA) is 43.7 Å². The summed E-state index contributed by atoms with van der Waals surface area (Å²) < 4.78 is 0. The number of hydrogen-bond acceptors (Lipinski definition) is 3. The van der Waals surface area contributed by atoms with Crippen molar-refractivity contribution in [3.05, 3.63) is 10.6 Å². The Kier molecular flexibility index (Phi) is 4.67. The number of nitrogens with zero attached hydrogens (tertiary/aromatic N) is 1. The summed E-state index contributed by atoms with van der Waals surface area (Å²) in [5.74, 6) is 0. The number of likely N-dealkylation sites (tertiary alicyclic amines) is 1. The summed E-state index contributed by atoms with van der Waals surface area (Å²) in [6.45, 7) is 1.66. The van der Waals surface area contributed by atoms with E-state index in [-0.39, 0.29) is 6.61 Å².